The molecule has 4 aromatic rings. The number of carbonyl (C=O) groups is 1. The van der Waals surface area contributed by atoms with E-state index in [4.69, 9.17) is 0 Å². The average molecular weight is 470 g/mol. The van der Waals surface area contributed by atoms with Crippen LogP contribution in [0.4, 0.5) is 28.7 Å². The fraction of sp³-hybridized carbons (Fsp3) is 0.240. The number of carbonyl (C=O) groups excluding carboxylic acids is 1. The molecule has 10 nitrogen and oxygen atoms in total. The Morgan fingerprint density at radius 2 is 1.86 bits per heavy atom. The summed E-state index contributed by atoms with van der Waals surface area (Å²) in [5, 5.41) is 14.1. The Hall–Kier alpha value is -4.47. The zero-order valence-corrected chi connectivity index (χ0v) is 20.3. The fourth-order valence-electron chi connectivity index (χ4n) is 4.46. The predicted molar refractivity (Wildman–Crippen MR) is 136 cm³/mol. The number of hydrogen-bond donors (Lipinski definition) is 3. The molecule has 0 atom stereocenters. The van der Waals surface area contributed by atoms with Gasteiger partial charge in [-0.25, -0.2) is 15.0 Å². The average Bonchev–Trinajstić information content (AvgIpc) is 3.18. The van der Waals surface area contributed by atoms with Crippen molar-refractivity contribution in [2.75, 3.05) is 29.6 Å². The van der Waals surface area contributed by atoms with Gasteiger partial charge in [-0.1, -0.05) is 12.1 Å². The Morgan fingerprint density at radius 3 is 2.63 bits per heavy atom. The van der Waals surface area contributed by atoms with E-state index in [0.29, 0.717) is 28.7 Å². The van der Waals surface area contributed by atoms with Gasteiger partial charge in [0.05, 0.1) is 28.3 Å². The van der Waals surface area contributed by atoms with Crippen LogP contribution < -0.4 is 20.9 Å². The van der Waals surface area contributed by atoms with E-state index in [9.17, 15) is 4.79 Å². The van der Waals surface area contributed by atoms with Crippen LogP contribution in [0.5, 0.6) is 0 Å². The number of nitrogens with one attached hydrogen (secondary N) is 3. The topological polar surface area (TPSA) is 113 Å². The number of pyridine rings is 1. The molecule has 5 rings (SSSR count). The summed E-state index contributed by atoms with van der Waals surface area (Å²) in [6, 6.07) is 9.72. The van der Waals surface area contributed by atoms with E-state index >= 15 is 0 Å². The van der Waals surface area contributed by atoms with Crippen molar-refractivity contribution in [1.29, 1.82) is 0 Å². The van der Waals surface area contributed by atoms with Crippen molar-refractivity contribution in [1.82, 2.24) is 30.0 Å². The monoisotopic (exact) mass is 469 g/mol. The van der Waals surface area contributed by atoms with Gasteiger partial charge >= 0.3 is 0 Å². The van der Waals surface area contributed by atoms with E-state index < -0.39 is 0 Å². The fourth-order valence-corrected chi connectivity index (χ4v) is 4.46. The summed E-state index contributed by atoms with van der Waals surface area (Å²) >= 11 is 0. The minimum Gasteiger partial charge on any atom is -0.368 e. The van der Waals surface area contributed by atoms with Crippen molar-refractivity contribution in [2.24, 2.45) is 7.05 Å². The third-order valence-corrected chi connectivity index (χ3v) is 5.85. The number of amides is 1. The van der Waals surface area contributed by atoms with Gasteiger partial charge in [0.25, 0.3) is 5.91 Å². The molecule has 1 aromatic carbocycles. The summed E-state index contributed by atoms with van der Waals surface area (Å²) < 4.78 is 1.84. The van der Waals surface area contributed by atoms with E-state index in [-0.39, 0.29) is 5.91 Å². The molecule has 4 heterocycles. The lowest BCUT2D eigenvalue weighted by molar-refractivity contribution is 0.0963. The van der Waals surface area contributed by atoms with Gasteiger partial charge in [-0.2, -0.15) is 5.10 Å². The summed E-state index contributed by atoms with van der Waals surface area (Å²) in [5.41, 5.74) is 7.00. The number of hydrogen-bond acceptors (Lipinski definition) is 8. The third kappa shape index (κ3) is 4.25. The molecule has 35 heavy (non-hydrogen) atoms. The molecule has 1 aliphatic heterocycles. The molecule has 0 spiro atoms. The Bertz CT molecular complexity index is 1420. The first kappa shape index (κ1) is 22.3. The lowest BCUT2D eigenvalue weighted by Gasteiger charge is -2.29. The number of nitrogens with zero attached hydrogens (tertiary/aromatic N) is 6. The molecule has 178 valence electrons. The van der Waals surface area contributed by atoms with Crippen molar-refractivity contribution in [3.63, 3.8) is 0 Å². The van der Waals surface area contributed by atoms with E-state index in [1.165, 1.54) is 5.56 Å². The number of anilines is 5. The summed E-state index contributed by atoms with van der Waals surface area (Å²) in [6.07, 6.45) is 3.61. The Labute approximate surface area is 203 Å². The highest BCUT2D eigenvalue weighted by atomic mass is 16.1. The van der Waals surface area contributed by atoms with Crippen molar-refractivity contribution in [2.45, 2.75) is 20.4 Å². The highest BCUT2D eigenvalue weighted by Gasteiger charge is 2.25. The quantitative estimate of drug-likeness (QED) is 0.406. The van der Waals surface area contributed by atoms with Gasteiger partial charge in [0.15, 0.2) is 0 Å². The smallest absolute Gasteiger partial charge is 0.254 e. The molecule has 1 aliphatic rings. The zero-order chi connectivity index (χ0) is 24.7. The Balaban J connectivity index is 1.56. The maximum Gasteiger partial charge on any atom is 0.254 e. The second-order valence-electron chi connectivity index (χ2n) is 8.62. The minimum atomic E-state index is -0.231. The SMILES string of the molecule is CNC(=O)c1cnc(Nc2cc(C)nc(C)n2)cc1Nc1cccc2c1N(C)Cc1cn(C)nc1-2. The van der Waals surface area contributed by atoms with E-state index in [2.05, 4.69) is 60.2 Å². The predicted octanol–water partition coefficient (Wildman–Crippen LogP) is 3.69. The normalized spacial score (nSPS) is 12.1. The first-order chi connectivity index (χ1) is 16.8. The van der Waals surface area contributed by atoms with Crippen LogP contribution in [0, 0.1) is 13.8 Å². The van der Waals surface area contributed by atoms with Gasteiger partial charge in [-0.05, 0) is 19.9 Å². The summed E-state index contributed by atoms with van der Waals surface area (Å²) in [4.78, 5) is 28.0. The molecule has 0 fully saturated rings. The van der Waals surface area contributed by atoms with Gasteiger partial charge < -0.3 is 20.9 Å². The van der Waals surface area contributed by atoms with Crippen LogP contribution in [0.15, 0.2) is 42.7 Å². The molecule has 0 bridgehead atoms. The number of aryl methyl sites for hydroxylation is 3. The van der Waals surface area contributed by atoms with E-state index in [1.54, 1.807) is 13.2 Å². The molecule has 0 saturated heterocycles. The van der Waals surface area contributed by atoms with Crippen LogP contribution in [-0.4, -0.2) is 44.7 Å². The lowest BCUT2D eigenvalue weighted by Crippen LogP contribution is -2.23. The highest BCUT2D eigenvalue weighted by molar-refractivity contribution is 6.01. The summed E-state index contributed by atoms with van der Waals surface area (Å²) in [6.45, 7) is 4.50. The van der Waals surface area contributed by atoms with Crippen LogP contribution in [0.25, 0.3) is 11.3 Å². The second-order valence-corrected chi connectivity index (χ2v) is 8.62. The summed E-state index contributed by atoms with van der Waals surface area (Å²) in [5.74, 6) is 1.63. The molecule has 0 radical (unpaired) electrons. The minimum absolute atomic E-state index is 0.231. The molecule has 0 saturated carbocycles. The standard InChI is InChI=1S/C25H27N9O/c1-14-9-22(29-15(2)28-14)31-21-10-20(18(11-27-21)25(35)26-3)30-19-8-6-7-17-23-16(13-34(5)32-23)12-33(4)24(17)19/h6-11,13H,12H2,1-5H3,(H,26,35)(H2,27,28,29,30,31). The maximum absolute atomic E-state index is 12.6. The zero-order valence-electron chi connectivity index (χ0n) is 20.3. The van der Waals surface area contributed by atoms with Crippen molar-refractivity contribution in [3.05, 3.63) is 65.4 Å². The van der Waals surface area contributed by atoms with Gasteiger partial charge in [0.1, 0.15) is 17.5 Å². The largest absolute Gasteiger partial charge is 0.368 e. The number of benzene rings is 1. The van der Waals surface area contributed by atoms with Gasteiger partial charge in [-0.3, -0.25) is 9.48 Å². The van der Waals surface area contributed by atoms with Crippen LogP contribution in [0.1, 0.15) is 27.4 Å². The van der Waals surface area contributed by atoms with E-state index in [1.807, 2.05) is 49.8 Å². The molecule has 10 heteroatoms. The lowest BCUT2D eigenvalue weighted by atomic mass is 9.99. The second kappa shape index (κ2) is 8.71. The Morgan fingerprint density at radius 1 is 1.03 bits per heavy atom. The molecule has 3 aromatic heterocycles. The molecule has 0 aliphatic carbocycles. The first-order valence-electron chi connectivity index (χ1n) is 11.3. The molecule has 0 unspecified atom stereocenters. The Kier molecular flexibility index (Phi) is 5.56. The van der Waals surface area contributed by atoms with Gasteiger partial charge in [-0.15, -0.1) is 0 Å². The third-order valence-electron chi connectivity index (χ3n) is 5.85. The van der Waals surface area contributed by atoms with Gasteiger partial charge in [0.2, 0.25) is 0 Å². The van der Waals surface area contributed by atoms with Crippen LogP contribution in [-0.2, 0) is 13.6 Å². The summed E-state index contributed by atoms with van der Waals surface area (Å²) in [7, 11) is 5.59. The molecule has 1 amide bonds. The first-order valence-corrected chi connectivity index (χ1v) is 11.3. The number of fused-ring (bicyclic) bond motifs is 3. The van der Waals surface area contributed by atoms with Crippen molar-refractivity contribution < 1.29 is 4.79 Å². The number of para-hydroxylation sites is 1. The van der Waals surface area contributed by atoms with Crippen molar-refractivity contribution in [3.8, 4) is 11.3 Å². The number of rotatable bonds is 5. The van der Waals surface area contributed by atoms with Crippen LogP contribution >= 0.6 is 0 Å². The molecular formula is C25H27N9O. The van der Waals surface area contributed by atoms with Crippen molar-refractivity contribution >= 4 is 34.6 Å². The van der Waals surface area contributed by atoms with Gasteiger partial charge in [0, 0.05) is 69.0 Å². The van der Waals surface area contributed by atoms with Crippen LogP contribution in [0.2, 0.25) is 0 Å². The number of aromatic nitrogens is 5. The van der Waals surface area contributed by atoms with E-state index in [0.717, 1.165) is 34.9 Å². The molecular weight excluding hydrogens is 442 g/mol. The molecule has 3 N–H and O–H groups in total. The maximum atomic E-state index is 12.6. The highest BCUT2D eigenvalue weighted by Crippen LogP contribution is 2.43. The van der Waals surface area contributed by atoms with Crippen LogP contribution in [0.3, 0.4) is 0 Å².